The summed E-state index contributed by atoms with van der Waals surface area (Å²) in [6.45, 7) is 1.63. The first-order valence-corrected chi connectivity index (χ1v) is 10.7. The first-order chi connectivity index (χ1) is 12.5. The Morgan fingerprint density at radius 3 is 2.48 bits per heavy atom. The Labute approximate surface area is 159 Å². The second-order valence-corrected chi connectivity index (χ2v) is 9.18. The monoisotopic (exact) mass is 423 g/mol. The second kappa shape index (κ2) is 8.47. The maximum Gasteiger partial charge on any atom is 0.389 e. The van der Waals surface area contributed by atoms with Gasteiger partial charge in [-0.1, -0.05) is 18.2 Å². The molecule has 0 radical (unpaired) electrons. The normalized spacial score (nSPS) is 12.4. The number of aryl methyl sites for hydroxylation is 1. The molecule has 0 aliphatic heterocycles. The molecule has 0 aliphatic rings. The summed E-state index contributed by atoms with van der Waals surface area (Å²) < 4.78 is 64.4. The number of carboxylic acid groups (broad SMARTS) is 1. The molecule has 0 fully saturated rings. The lowest BCUT2D eigenvalue weighted by molar-refractivity contribution is -0.137. The smallest absolute Gasteiger partial charge is 0.389 e. The summed E-state index contributed by atoms with van der Waals surface area (Å²) in [5.41, 5.74) is 0.713. The van der Waals surface area contributed by atoms with Gasteiger partial charge in [0.15, 0.2) is 0 Å². The number of sulfonamides is 1. The standard InChI is InChI=1S/C17H20F3NO4S2/c1-12-13-6-2-3-7-14(13)26-16(12)21(10-5-4-9-17(18,19)20)27(24,25)11-8-15(22)23/h2-3,6-7H,4-5,8-11H2,1H3,(H,22,23). The van der Waals surface area contributed by atoms with Crippen molar-refractivity contribution in [3.8, 4) is 0 Å². The third-order valence-corrected chi connectivity index (χ3v) is 7.19. The van der Waals surface area contributed by atoms with Crippen molar-refractivity contribution in [3.05, 3.63) is 29.8 Å². The molecule has 1 N–H and O–H groups in total. The van der Waals surface area contributed by atoms with E-state index in [0.717, 1.165) is 14.4 Å². The molecule has 0 saturated carbocycles. The average molecular weight is 423 g/mol. The van der Waals surface area contributed by atoms with Gasteiger partial charge in [-0.3, -0.25) is 9.10 Å². The van der Waals surface area contributed by atoms with Crippen molar-refractivity contribution in [1.29, 1.82) is 0 Å². The highest BCUT2D eigenvalue weighted by atomic mass is 32.2. The number of unbranched alkanes of at least 4 members (excludes halogenated alkanes) is 1. The van der Waals surface area contributed by atoms with Crippen LogP contribution in [0.4, 0.5) is 18.2 Å². The van der Waals surface area contributed by atoms with Gasteiger partial charge in [0.05, 0.1) is 12.2 Å². The molecule has 2 aromatic rings. The molecule has 1 heterocycles. The lowest BCUT2D eigenvalue weighted by Crippen LogP contribution is -2.34. The van der Waals surface area contributed by atoms with E-state index in [4.69, 9.17) is 5.11 Å². The minimum atomic E-state index is -4.29. The summed E-state index contributed by atoms with van der Waals surface area (Å²) in [6.07, 6.45) is -6.01. The number of rotatable bonds is 9. The highest BCUT2D eigenvalue weighted by molar-refractivity contribution is 7.93. The van der Waals surface area contributed by atoms with E-state index in [-0.39, 0.29) is 19.4 Å². The van der Waals surface area contributed by atoms with E-state index in [2.05, 4.69) is 0 Å². The average Bonchev–Trinajstić information content (AvgIpc) is 2.89. The Morgan fingerprint density at radius 1 is 1.22 bits per heavy atom. The van der Waals surface area contributed by atoms with Gasteiger partial charge < -0.3 is 5.11 Å². The number of halogens is 3. The minimum absolute atomic E-state index is 0.0273. The lowest BCUT2D eigenvalue weighted by atomic mass is 10.2. The van der Waals surface area contributed by atoms with Gasteiger partial charge in [-0.15, -0.1) is 11.3 Å². The van der Waals surface area contributed by atoms with E-state index in [1.165, 1.54) is 11.3 Å². The molecule has 5 nitrogen and oxygen atoms in total. The van der Waals surface area contributed by atoms with Crippen LogP contribution in [0.2, 0.25) is 0 Å². The van der Waals surface area contributed by atoms with Gasteiger partial charge in [0, 0.05) is 17.7 Å². The Morgan fingerprint density at radius 2 is 1.89 bits per heavy atom. The fraction of sp³-hybridized carbons (Fsp3) is 0.471. The number of hydrogen-bond donors (Lipinski definition) is 1. The predicted molar refractivity (Wildman–Crippen MR) is 99.9 cm³/mol. The van der Waals surface area contributed by atoms with Crippen molar-refractivity contribution in [2.75, 3.05) is 16.6 Å². The molecular formula is C17H20F3NO4S2. The number of nitrogens with zero attached hydrogens (tertiary/aromatic N) is 1. The number of hydrogen-bond acceptors (Lipinski definition) is 4. The van der Waals surface area contributed by atoms with Crippen LogP contribution in [0.15, 0.2) is 24.3 Å². The number of thiophene rings is 1. The second-order valence-electron chi connectivity index (χ2n) is 6.13. The SMILES string of the molecule is Cc1c(N(CCCCC(F)(F)F)S(=O)(=O)CCC(=O)O)sc2ccccc12. The van der Waals surface area contributed by atoms with E-state index in [1.54, 1.807) is 6.92 Å². The van der Waals surface area contributed by atoms with Gasteiger partial charge in [0.1, 0.15) is 5.00 Å². The largest absolute Gasteiger partial charge is 0.481 e. The van der Waals surface area contributed by atoms with Gasteiger partial charge in [-0.2, -0.15) is 13.2 Å². The molecule has 1 aromatic heterocycles. The molecule has 27 heavy (non-hydrogen) atoms. The van der Waals surface area contributed by atoms with Crippen molar-refractivity contribution < 1.29 is 31.5 Å². The zero-order chi connectivity index (χ0) is 20.2. The van der Waals surface area contributed by atoms with Gasteiger partial charge >= 0.3 is 12.1 Å². The van der Waals surface area contributed by atoms with E-state index >= 15 is 0 Å². The molecule has 0 unspecified atom stereocenters. The van der Waals surface area contributed by atoms with E-state index < -0.39 is 40.8 Å². The van der Waals surface area contributed by atoms with Crippen LogP contribution in [0.25, 0.3) is 10.1 Å². The molecule has 0 amide bonds. The maximum absolute atomic E-state index is 12.7. The molecule has 10 heteroatoms. The van der Waals surface area contributed by atoms with Crippen LogP contribution in [0.3, 0.4) is 0 Å². The number of alkyl halides is 3. The predicted octanol–water partition coefficient (Wildman–Crippen LogP) is 4.55. The summed E-state index contributed by atoms with van der Waals surface area (Å²) >= 11 is 1.23. The topological polar surface area (TPSA) is 74.7 Å². The quantitative estimate of drug-likeness (QED) is 0.601. The summed E-state index contributed by atoms with van der Waals surface area (Å²) in [6, 6.07) is 7.31. The molecule has 1 aromatic carbocycles. The van der Waals surface area contributed by atoms with E-state index in [9.17, 15) is 26.4 Å². The number of fused-ring (bicyclic) bond motifs is 1. The number of carbonyl (C=O) groups is 1. The maximum atomic E-state index is 12.7. The minimum Gasteiger partial charge on any atom is -0.481 e. The molecule has 0 aliphatic carbocycles. The van der Waals surface area contributed by atoms with Gasteiger partial charge in [-0.05, 0) is 36.8 Å². The molecule has 0 bridgehead atoms. The van der Waals surface area contributed by atoms with Crippen molar-refractivity contribution in [2.24, 2.45) is 0 Å². The summed E-state index contributed by atoms with van der Waals surface area (Å²) in [5.74, 6) is -1.85. The zero-order valence-corrected chi connectivity index (χ0v) is 16.3. The van der Waals surface area contributed by atoms with Crippen molar-refractivity contribution in [2.45, 2.75) is 38.8 Å². The highest BCUT2D eigenvalue weighted by Crippen LogP contribution is 2.39. The van der Waals surface area contributed by atoms with Crippen LogP contribution >= 0.6 is 11.3 Å². The van der Waals surface area contributed by atoms with Crippen LogP contribution in [-0.4, -0.2) is 38.0 Å². The molecule has 2 rings (SSSR count). The number of carboxylic acids is 1. The van der Waals surface area contributed by atoms with Gasteiger partial charge in [-0.25, -0.2) is 8.42 Å². The molecular weight excluding hydrogens is 403 g/mol. The lowest BCUT2D eigenvalue weighted by Gasteiger charge is -2.23. The third-order valence-electron chi connectivity index (χ3n) is 4.03. The van der Waals surface area contributed by atoms with Crippen LogP contribution in [0.5, 0.6) is 0 Å². The third kappa shape index (κ3) is 5.83. The van der Waals surface area contributed by atoms with Crippen LogP contribution < -0.4 is 4.31 Å². The fourth-order valence-corrected chi connectivity index (χ4v) is 5.72. The first kappa shape index (κ1) is 21.5. The first-order valence-electron chi connectivity index (χ1n) is 8.28. The molecule has 0 spiro atoms. The molecule has 150 valence electrons. The van der Waals surface area contributed by atoms with Crippen LogP contribution in [-0.2, 0) is 14.8 Å². The summed E-state index contributed by atoms with van der Waals surface area (Å²) in [5, 5.41) is 10.1. The zero-order valence-electron chi connectivity index (χ0n) is 14.6. The Kier molecular flexibility index (Phi) is 6.74. The van der Waals surface area contributed by atoms with Gasteiger partial charge in [0.2, 0.25) is 10.0 Å². The summed E-state index contributed by atoms with van der Waals surface area (Å²) in [7, 11) is -3.97. The number of anilines is 1. The van der Waals surface area contributed by atoms with Crippen molar-refractivity contribution in [1.82, 2.24) is 0 Å². The molecule has 0 saturated heterocycles. The van der Waals surface area contributed by atoms with E-state index in [1.807, 2.05) is 24.3 Å². The molecule has 0 atom stereocenters. The Bertz CT molecular complexity index is 907. The fourth-order valence-electron chi connectivity index (χ4n) is 2.67. The number of aliphatic carboxylic acids is 1. The van der Waals surface area contributed by atoms with Crippen molar-refractivity contribution in [3.63, 3.8) is 0 Å². The van der Waals surface area contributed by atoms with Crippen LogP contribution in [0.1, 0.15) is 31.2 Å². The van der Waals surface area contributed by atoms with Gasteiger partial charge in [0.25, 0.3) is 0 Å². The Hall–Kier alpha value is -1.81. The van der Waals surface area contributed by atoms with E-state index in [0.29, 0.717) is 10.6 Å². The van der Waals surface area contributed by atoms with Crippen LogP contribution in [0, 0.1) is 6.92 Å². The highest BCUT2D eigenvalue weighted by Gasteiger charge is 2.29. The summed E-state index contributed by atoms with van der Waals surface area (Å²) in [4.78, 5) is 10.8. The number of benzene rings is 1. The Balaban J connectivity index is 2.30. The van der Waals surface area contributed by atoms with Crippen molar-refractivity contribution >= 4 is 42.4 Å².